The van der Waals surface area contributed by atoms with E-state index in [-0.39, 0.29) is 33.0 Å². The maximum atomic E-state index is 8.48. The first-order chi connectivity index (χ1) is 7.67. The summed E-state index contributed by atoms with van der Waals surface area (Å²) >= 11 is 0. The van der Waals surface area contributed by atoms with Crippen molar-refractivity contribution in [3.63, 3.8) is 0 Å². The average Bonchev–Trinajstić information content (AvgIpc) is 2.21. The van der Waals surface area contributed by atoms with Crippen LogP contribution in [0.5, 0.6) is 0 Å². The molecule has 0 rings (SSSR count). The van der Waals surface area contributed by atoms with E-state index in [1.165, 1.54) is 0 Å². The van der Waals surface area contributed by atoms with E-state index in [1.807, 2.05) is 0 Å². The Hall–Kier alpha value is -0.240. The van der Waals surface area contributed by atoms with Crippen molar-refractivity contribution in [2.75, 3.05) is 52.7 Å². The minimum atomic E-state index is 0.0694. The molecular formula is C10H27NO5. The molecule has 102 valence electrons. The molecule has 0 heterocycles. The van der Waals surface area contributed by atoms with Crippen molar-refractivity contribution >= 4 is 0 Å². The zero-order valence-electron chi connectivity index (χ0n) is 10.3. The van der Waals surface area contributed by atoms with Crippen LogP contribution in [0.4, 0.5) is 0 Å². The zero-order valence-corrected chi connectivity index (χ0v) is 10.3. The fourth-order valence-electron chi connectivity index (χ4n) is 0.760. The average molecular weight is 241 g/mol. The maximum Gasteiger partial charge on any atom is 0.0558 e. The summed E-state index contributed by atoms with van der Waals surface area (Å²) in [5.74, 6) is 0. The molecule has 0 spiro atoms. The van der Waals surface area contributed by atoms with E-state index in [0.717, 1.165) is 0 Å². The van der Waals surface area contributed by atoms with Gasteiger partial charge < -0.3 is 25.5 Å². The first kappa shape index (κ1) is 21.1. The molecule has 0 saturated carbocycles. The van der Waals surface area contributed by atoms with Crippen LogP contribution < -0.4 is 0 Å². The summed E-state index contributed by atoms with van der Waals surface area (Å²) in [6.45, 7) is 5.61. The summed E-state index contributed by atoms with van der Waals surface area (Å²) in [5.41, 5.74) is 0. The van der Waals surface area contributed by atoms with Crippen LogP contribution in [0.1, 0.15) is 13.8 Å². The second kappa shape index (κ2) is 24.1. The third-order valence-corrected chi connectivity index (χ3v) is 1.25. The number of aliphatic hydroxyl groups is 5. The van der Waals surface area contributed by atoms with Crippen LogP contribution in [-0.4, -0.2) is 83.1 Å². The second-order valence-electron chi connectivity index (χ2n) is 2.64. The molecule has 0 aromatic carbocycles. The number of hydrogen-bond donors (Lipinski definition) is 5. The summed E-state index contributed by atoms with van der Waals surface area (Å²) in [6, 6.07) is 0. The summed E-state index contributed by atoms with van der Waals surface area (Å²) in [7, 11) is 0. The van der Waals surface area contributed by atoms with Crippen LogP contribution in [0.2, 0.25) is 0 Å². The Morgan fingerprint density at radius 2 is 0.812 bits per heavy atom. The number of hydrogen-bond acceptors (Lipinski definition) is 6. The van der Waals surface area contributed by atoms with E-state index in [9.17, 15) is 0 Å². The molecule has 0 aliphatic rings. The number of aliphatic hydroxyl groups excluding tert-OH is 5. The lowest BCUT2D eigenvalue weighted by Gasteiger charge is -2.17. The van der Waals surface area contributed by atoms with Crippen molar-refractivity contribution in [1.82, 2.24) is 4.90 Å². The number of nitrogens with zero attached hydrogens (tertiary/aromatic N) is 1. The van der Waals surface area contributed by atoms with E-state index >= 15 is 0 Å². The third kappa shape index (κ3) is 29.2. The third-order valence-electron chi connectivity index (χ3n) is 1.25. The van der Waals surface area contributed by atoms with Crippen LogP contribution in [0.25, 0.3) is 0 Å². The molecule has 0 bridgehead atoms. The molecule has 0 aliphatic heterocycles. The van der Waals surface area contributed by atoms with Crippen molar-refractivity contribution in [1.29, 1.82) is 0 Å². The van der Waals surface area contributed by atoms with E-state index in [1.54, 1.807) is 18.7 Å². The Balaban J connectivity index is -0.000000235. The van der Waals surface area contributed by atoms with Gasteiger partial charge in [0.1, 0.15) is 0 Å². The van der Waals surface area contributed by atoms with Crippen LogP contribution in [-0.2, 0) is 0 Å². The highest BCUT2D eigenvalue weighted by Crippen LogP contribution is 1.84. The molecule has 0 aromatic rings. The monoisotopic (exact) mass is 241 g/mol. The van der Waals surface area contributed by atoms with Gasteiger partial charge in [0.2, 0.25) is 0 Å². The first-order valence-electron chi connectivity index (χ1n) is 5.44. The van der Waals surface area contributed by atoms with Crippen LogP contribution in [0.15, 0.2) is 0 Å². The summed E-state index contributed by atoms with van der Waals surface area (Å²) in [6.07, 6.45) is 0. The van der Waals surface area contributed by atoms with Gasteiger partial charge in [-0.3, -0.25) is 4.90 Å². The highest BCUT2D eigenvalue weighted by atomic mass is 16.3. The maximum absolute atomic E-state index is 8.48. The Labute approximate surface area is 97.8 Å². The quantitative estimate of drug-likeness (QED) is 0.378. The molecular weight excluding hydrogens is 214 g/mol. The molecule has 6 nitrogen and oxygen atoms in total. The molecule has 0 unspecified atom stereocenters. The Morgan fingerprint density at radius 3 is 0.938 bits per heavy atom. The van der Waals surface area contributed by atoms with Gasteiger partial charge >= 0.3 is 0 Å². The molecule has 0 fully saturated rings. The van der Waals surface area contributed by atoms with Gasteiger partial charge in [-0.1, -0.05) is 0 Å². The Kier molecular flexibility index (Phi) is 31.8. The topological polar surface area (TPSA) is 104 Å². The van der Waals surface area contributed by atoms with Gasteiger partial charge in [-0.05, 0) is 13.8 Å². The minimum Gasteiger partial charge on any atom is -0.397 e. The molecule has 6 heteroatoms. The van der Waals surface area contributed by atoms with E-state index in [0.29, 0.717) is 19.6 Å². The molecule has 0 amide bonds. The predicted molar refractivity (Wildman–Crippen MR) is 63.2 cm³/mol. The minimum absolute atomic E-state index is 0.0694. The molecule has 0 radical (unpaired) electrons. The van der Waals surface area contributed by atoms with Gasteiger partial charge in [0.25, 0.3) is 0 Å². The molecule has 0 atom stereocenters. The van der Waals surface area contributed by atoms with Crippen molar-refractivity contribution in [2.45, 2.75) is 13.8 Å². The molecule has 0 aromatic heterocycles. The van der Waals surface area contributed by atoms with Crippen LogP contribution in [0, 0.1) is 0 Å². The van der Waals surface area contributed by atoms with Gasteiger partial charge in [-0.15, -0.1) is 0 Å². The van der Waals surface area contributed by atoms with Crippen molar-refractivity contribution < 1.29 is 25.5 Å². The van der Waals surface area contributed by atoms with Crippen molar-refractivity contribution in [2.24, 2.45) is 0 Å². The molecule has 5 N–H and O–H groups in total. The smallest absolute Gasteiger partial charge is 0.0558 e. The molecule has 16 heavy (non-hydrogen) atoms. The SMILES string of the molecule is CCO.CCO.OCCN(CCO)CCO. The van der Waals surface area contributed by atoms with Crippen LogP contribution in [0.3, 0.4) is 0 Å². The lowest BCUT2D eigenvalue weighted by Crippen LogP contribution is -2.32. The lowest BCUT2D eigenvalue weighted by molar-refractivity contribution is 0.136. The highest BCUT2D eigenvalue weighted by molar-refractivity contribution is 4.54. The number of rotatable bonds is 6. The summed E-state index contributed by atoms with van der Waals surface area (Å²) < 4.78 is 0. The van der Waals surface area contributed by atoms with Crippen molar-refractivity contribution in [3.8, 4) is 0 Å². The van der Waals surface area contributed by atoms with Gasteiger partial charge in [-0.25, -0.2) is 0 Å². The first-order valence-corrected chi connectivity index (χ1v) is 5.44. The normalized spacial score (nSPS) is 9.00. The standard InChI is InChI=1S/C6H15NO3.2C2H6O/c8-4-1-7(2-5-9)3-6-10;2*1-2-3/h8-10H,1-6H2;2*3H,2H2,1H3. The Morgan fingerprint density at radius 1 is 0.625 bits per heavy atom. The highest BCUT2D eigenvalue weighted by Gasteiger charge is 2.00. The molecule has 0 saturated heterocycles. The lowest BCUT2D eigenvalue weighted by atomic mass is 10.4. The van der Waals surface area contributed by atoms with Gasteiger partial charge in [0.15, 0.2) is 0 Å². The van der Waals surface area contributed by atoms with E-state index in [4.69, 9.17) is 25.5 Å². The summed E-state index contributed by atoms with van der Waals surface area (Å²) in [5, 5.41) is 40.6. The summed E-state index contributed by atoms with van der Waals surface area (Å²) in [4.78, 5) is 1.79. The van der Waals surface area contributed by atoms with Crippen LogP contribution >= 0.6 is 0 Å². The van der Waals surface area contributed by atoms with E-state index < -0.39 is 0 Å². The van der Waals surface area contributed by atoms with Gasteiger partial charge in [-0.2, -0.15) is 0 Å². The second-order valence-corrected chi connectivity index (χ2v) is 2.64. The Bertz CT molecular complexity index is 79.0. The molecule has 0 aliphatic carbocycles. The van der Waals surface area contributed by atoms with Gasteiger partial charge in [0.05, 0.1) is 19.8 Å². The van der Waals surface area contributed by atoms with Crippen molar-refractivity contribution in [3.05, 3.63) is 0 Å². The zero-order chi connectivity index (χ0) is 13.2. The van der Waals surface area contributed by atoms with Gasteiger partial charge in [0, 0.05) is 32.8 Å². The largest absolute Gasteiger partial charge is 0.397 e. The fourth-order valence-corrected chi connectivity index (χ4v) is 0.760. The predicted octanol–water partition coefficient (Wildman–Crippen LogP) is -1.74. The van der Waals surface area contributed by atoms with E-state index in [2.05, 4.69) is 0 Å². The fraction of sp³-hybridized carbons (Fsp3) is 1.00.